The van der Waals surface area contributed by atoms with E-state index in [9.17, 15) is 0 Å². The molecule has 0 bridgehead atoms. The zero-order valence-electron chi connectivity index (χ0n) is 12.3. The Labute approximate surface area is 133 Å². The molecule has 0 spiro atoms. The van der Waals surface area contributed by atoms with Crippen LogP contribution in [0, 0.1) is 6.07 Å². The molecule has 0 saturated carbocycles. The smallest absolute Gasteiger partial charge is 0.141 e. The molecule has 0 aliphatic carbocycles. The van der Waals surface area contributed by atoms with Crippen molar-refractivity contribution in [1.82, 2.24) is 15.0 Å². The van der Waals surface area contributed by atoms with Gasteiger partial charge in [0.1, 0.15) is 12.1 Å². The van der Waals surface area contributed by atoms with Gasteiger partial charge in [-0.25, -0.2) is 9.97 Å². The van der Waals surface area contributed by atoms with Gasteiger partial charge in [0.15, 0.2) is 0 Å². The van der Waals surface area contributed by atoms with Crippen LogP contribution in [0.2, 0.25) is 0 Å². The molecule has 4 rings (SSSR count). The summed E-state index contributed by atoms with van der Waals surface area (Å²) in [5, 5.41) is 4.40. The van der Waals surface area contributed by atoms with E-state index in [2.05, 4.69) is 26.3 Å². The van der Waals surface area contributed by atoms with Gasteiger partial charge in [0.25, 0.3) is 0 Å². The minimum Gasteiger partial charge on any atom is -0.339 e. The number of fused-ring (bicyclic) bond motifs is 1. The highest BCUT2D eigenvalue weighted by Gasteiger charge is 2.08. The molecule has 4 aromatic rings. The molecule has 109 valence electrons. The van der Waals surface area contributed by atoms with Gasteiger partial charge in [-0.3, -0.25) is 4.98 Å². The summed E-state index contributed by atoms with van der Waals surface area (Å²) in [5.41, 5.74) is 3.93. The van der Waals surface area contributed by atoms with Crippen molar-refractivity contribution in [2.24, 2.45) is 0 Å². The molecule has 2 aromatic heterocycles. The van der Waals surface area contributed by atoms with Gasteiger partial charge in [0.2, 0.25) is 0 Å². The fraction of sp³-hybridized carbons (Fsp3) is 0. The van der Waals surface area contributed by atoms with Gasteiger partial charge in [-0.2, -0.15) is 0 Å². The van der Waals surface area contributed by atoms with Crippen molar-refractivity contribution < 1.29 is 0 Å². The van der Waals surface area contributed by atoms with E-state index in [0.29, 0.717) is 0 Å². The highest BCUT2D eigenvalue weighted by Crippen LogP contribution is 2.30. The Balaban J connectivity index is 1.80. The standard InChI is InChI=1S/C19H13N4/c1-4-10-18(15(7-1)14-6-5-11-20-12-14)23-19-16-8-2-3-9-17(16)21-13-22-19/h2-13H,(H,21,22,23). The fourth-order valence-corrected chi connectivity index (χ4v) is 2.53. The zero-order chi connectivity index (χ0) is 15.5. The first-order valence-electron chi connectivity index (χ1n) is 7.29. The van der Waals surface area contributed by atoms with Gasteiger partial charge in [0, 0.05) is 34.6 Å². The Morgan fingerprint density at radius 3 is 2.83 bits per heavy atom. The molecule has 0 unspecified atom stereocenters. The fourth-order valence-electron chi connectivity index (χ4n) is 2.53. The average molecular weight is 297 g/mol. The van der Waals surface area contributed by atoms with Crippen molar-refractivity contribution in [3.05, 3.63) is 79.4 Å². The summed E-state index contributed by atoms with van der Waals surface area (Å²) in [7, 11) is 0. The lowest BCUT2D eigenvalue weighted by atomic mass is 10.1. The summed E-state index contributed by atoms with van der Waals surface area (Å²) in [6.45, 7) is 0. The maximum atomic E-state index is 4.39. The molecular weight excluding hydrogens is 284 g/mol. The monoisotopic (exact) mass is 297 g/mol. The Hall–Kier alpha value is -3.27. The number of nitrogens with one attached hydrogen (secondary N) is 1. The van der Waals surface area contributed by atoms with E-state index in [0.717, 1.165) is 33.5 Å². The minimum absolute atomic E-state index is 0.784. The Morgan fingerprint density at radius 2 is 1.91 bits per heavy atom. The van der Waals surface area contributed by atoms with Gasteiger partial charge in [-0.05, 0) is 36.4 Å². The summed E-state index contributed by atoms with van der Waals surface area (Å²) in [6, 6.07) is 20.8. The predicted octanol–water partition coefficient (Wildman–Crippen LogP) is 4.24. The zero-order valence-corrected chi connectivity index (χ0v) is 12.3. The number of hydrogen-bond donors (Lipinski definition) is 1. The average Bonchev–Trinajstić information content (AvgIpc) is 2.63. The van der Waals surface area contributed by atoms with Gasteiger partial charge >= 0.3 is 0 Å². The predicted molar refractivity (Wildman–Crippen MR) is 91.3 cm³/mol. The summed E-state index contributed by atoms with van der Waals surface area (Å²) in [5.74, 6) is 0.784. The van der Waals surface area contributed by atoms with E-state index in [1.165, 1.54) is 0 Å². The highest BCUT2D eigenvalue weighted by molar-refractivity contribution is 5.92. The number of nitrogens with zero attached hydrogens (tertiary/aromatic N) is 3. The first-order chi connectivity index (χ1) is 11.4. The van der Waals surface area contributed by atoms with Crippen molar-refractivity contribution in [1.29, 1.82) is 0 Å². The van der Waals surface area contributed by atoms with Crippen molar-refractivity contribution in [2.45, 2.75) is 0 Å². The van der Waals surface area contributed by atoms with Crippen molar-refractivity contribution in [2.75, 3.05) is 5.32 Å². The Kier molecular flexibility index (Phi) is 3.41. The molecule has 0 fully saturated rings. The highest BCUT2D eigenvalue weighted by atomic mass is 15.0. The van der Waals surface area contributed by atoms with E-state index >= 15 is 0 Å². The summed E-state index contributed by atoms with van der Waals surface area (Å²) >= 11 is 0. The molecule has 2 heterocycles. The van der Waals surface area contributed by atoms with E-state index in [1.807, 2.05) is 60.8 Å². The molecule has 0 aliphatic rings. The lowest BCUT2D eigenvalue weighted by molar-refractivity contribution is 1.22. The van der Waals surface area contributed by atoms with Crippen LogP contribution in [0.3, 0.4) is 0 Å². The van der Waals surface area contributed by atoms with E-state index in [-0.39, 0.29) is 0 Å². The second-order valence-electron chi connectivity index (χ2n) is 5.08. The first-order valence-corrected chi connectivity index (χ1v) is 7.29. The van der Waals surface area contributed by atoms with Crippen LogP contribution in [-0.4, -0.2) is 15.0 Å². The van der Waals surface area contributed by atoms with Crippen LogP contribution in [0.15, 0.2) is 73.3 Å². The van der Waals surface area contributed by atoms with E-state index in [4.69, 9.17) is 0 Å². The molecule has 0 amide bonds. The van der Waals surface area contributed by atoms with Gasteiger partial charge < -0.3 is 5.32 Å². The van der Waals surface area contributed by atoms with Gasteiger partial charge in [-0.1, -0.05) is 24.3 Å². The molecule has 0 atom stereocenters. The van der Waals surface area contributed by atoms with Gasteiger partial charge in [0.05, 0.1) is 5.52 Å². The largest absolute Gasteiger partial charge is 0.339 e. The molecular formula is C19H13N4. The topological polar surface area (TPSA) is 50.7 Å². The van der Waals surface area contributed by atoms with Crippen LogP contribution in [0.25, 0.3) is 22.0 Å². The molecule has 2 aromatic carbocycles. The number of rotatable bonds is 3. The number of pyridine rings is 1. The van der Waals surface area contributed by atoms with Crippen LogP contribution in [0.1, 0.15) is 0 Å². The Morgan fingerprint density at radius 1 is 0.957 bits per heavy atom. The maximum absolute atomic E-state index is 4.39. The Bertz CT molecular complexity index is 946. The third kappa shape index (κ3) is 2.62. The number of hydrogen-bond acceptors (Lipinski definition) is 4. The molecule has 4 nitrogen and oxygen atoms in total. The van der Waals surface area contributed by atoms with Crippen molar-refractivity contribution in [3.8, 4) is 11.1 Å². The van der Waals surface area contributed by atoms with Crippen LogP contribution in [0.5, 0.6) is 0 Å². The lowest BCUT2D eigenvalue weighted by Gasteiger charge is -2.12. The van der Waals surface area contributed by atoms with E-state index < -0.39 is 0 Å². The number of aromatic nitrogens is 3. The second kappa shape index (κ2) is 5.85. The maximum Gasteiger partial charge on any atom is 0.141 e. The van der Waals surface area contributed by atoms with Crippen molar-refractivity contribution in [3.63, 3.8) is 0 Å². The lowest BCUT2D eigenvalue weighted by Crippen LogP contribution is -1.97. The molecule has 4 heteroatoms. The quantitative estimate of drug-likeness (QED) is 0.614. The third-order valence-electron chi connectivity index (χ3n) is 3.63. The molecule has 0 aliphatic heterocycles. The molecule has 0 saturated heterocycles. The minimum atomic E-state index is 0.784. The number of para-hydroxylation sites is 1. The SMILES string of the molecule is [c]1ccc(Nc2ncnc3ccccc23)c(-c2cccnc2)c1. The van der Waals surface area contributed by atoms with Gasteiger partial charge in [-0.15, -0.1) is 0 Å². The summed E-state index contributed by atoms with van der Waals surface area (Å²) < 4.78 is 0. The van der Waals surface area contributed by atoms with Crippen LogP contribution in [0.4, 0.5) is 11.5 Å². The number of anilines is 2. The molecule has 1 N–H and O–H groups in total. The number of benzene rings is 2. The molecule has 23 heavy (non-hydrogen) atoms. The van der Waals surface area contributed by atoms with E-state index in [1.54, 1.807) is 12.5 Å². The van der Waals surface area contributed by atoms with Crippen LogP contribution < -0.4 is 5.32 Å². The van der Waals surface area contributed by atoms with Crippen LogP contribution in [-0.2, 0) is 0 Å². The summed E-state index contributed by atoms with van der Waals surface area (Å²) in [4.78, 5) is 12.9. The first kappa shape index (κ1) is 13.4. The van der Waals surface area contributed by atoms with Crippen molar-refractivity contribution >= 4 is 22.4 Å². The third-order valence-corrected chi connectivity index (χ3v) is 3.63. The molecule has 1 radical (unpaired) electrons. The summed E-state index contributed by atoms with van der Waals surface area (Å²) in [6.07, 6.45) is 5.18. The second-order valence-corrected chi connectivity index (χ2v) is 5.08. The van der Waals surface area contributed by atoms with Crippen LogP contribution >= 0.6 is 0 Å². The normalized spacial score (nSPS) is 10.6.